The van der Waals surface area contributed by atoms with E-state index in [9.17, 15) is 0 Å². The highest BCUT2D eigenvalue weighted by molar-refractivity contribution is 14.3. The molecule has 0 bridgehead atoms. The van der Waals surface area contributed by atoms with Crippen LogP contribution in [0.3, 0.4) is 0 Å². The van der Waals surface area contributed by atoms with E-state index in [-0.39, 0.29) is 1.58 Å². The molecular formula is C2Br3I3. The minimum atomic E-state index is -0.165. The van der Waals surface area contributed by atoms with Crippen molar-refractivity contribution in [3.8, 4) is 0 Å². The minimum absolute atomic E-state index is 0.0975. The quantitative estimate of drug-likeness (QED) is 0.263. The lowest BCUT2D eigenvalue weighted by molar-refractivity contribution is 1.41. The Kier molecular flexibility index (Phi) is 5.87. The Morgan fingerprint density at radius 2 is 1.00 bits per heavy atom. The third kappa shape index (κ3) is 4.50. The van der Waals surface area contributed by atoms with Crippen molar-refractivity contribution in [2.45, 2.75) is 1.58 Å². The van der Waals surface area contributed by atoms with Gasteiger partial charge in [0.05, 0.1) is 0 Å². The molecule has 0 saturated carbocycles. The summed E-state index contributed by atoms with van der Waals surface area (Å²) in [5.74, 6) is 0. The van der Waals surface area contributed by atoms with Gasteiger partial charge in [0.25, 0.3) is 0 Å². The van der Waals surface area contributed by atoms with Crippen molar-refractivity contribution in [3.63, 3.8) is 0 Å². The number of hydrogen-bond donors (Lipinski definition) is 0. The van der Waals surface area contributed by atoms with Crippen molar-refractivity contribution in [2.24, 2.45) is 0 Å². The van der Waals surface area contributed by atoms with E-state index in [0.29, 0.717) is 0 Å². The molecule has 50 valence electrons. The van der Waals surface area contributed by atoms with Gasteiger partial charge in [0.2, 0.25) is 0 Å². The summed E-state index contributed by atoms with van der Waals surface area (Å²) in [4.78, 5) is 0. The number of alkyl halides is 6. The van der Waals surface area contributed by atoms with Gasteiger partial charge in [-0.1, -0.05) is 116 Å². The molecular weight excluding hydrogens is 644 g/mol. The lowest BCUT2D eigenvalue weighted by atomic mass is 11.0. The van der Waals surface area contributed by atoms with E-state index in [1.54, 1.807) is 0 Å². The van der Waals surface area contributed by atoms with Crippen LogP contribution in [0.15, 0.2) is 0 Å². The molecule has 0 radical (unpaired) electrons. The SMILES string of the molecule is BrC(Br)(Br)C(I)(I)I. The fourth-order valence-corrected chi connectivity index (χ4v) is 0. The lowest BCUT2D eigenvalue weighted by Crippen LogP contribution is -2.19. The highest BCUT2D eigenvalue weighted by atomic mass is 127. The Hall–Kier alpha value is 3.63. The second kappa shape index (κ2) is 4.04. The maximum absolute atomic E-state index is 3.41. The van der Waals surface area contributed by atoms with Gasteiger partial charge in [-0.05, 0) is 0 Å². The Bertz CT molecular complexity index is 67.5. The van der Waals surface area contributed by atoms with Crippen LogP contribution < -0.4 is 0 Å². The van der Waals surface area contributed by atoms with Crippen molar-refractivity contribution < 1.29 is 0 Å². The summed E-state index contributed by atoms with van der Waals surface area (Å²) >= 11 is 17.2. The molecule has 0 aliphatic carbocycles. The number of hydrogen-bond acceptors (Lipinski definition) is 0. The Morgan fingerprint density at radius 3 is 1.00 bits per heavy atom. The summed E-state index contributed by atoms with van der Waals surface area (Å²) in [6.45, 7) is 0. The monoisotopic (exact) mass is 641 g/mol. The van der Waals surface area contributed by atoms with Gasteiger partial charge in [-0.15, -0.1) is 0 Å². The van der Waals surface area contributed by atoms with Crippen LogP contribution in [0.5, 0.6) is 0 Å². The second-order valence-electron chi connectivity index (χ2n) is 0.996. The maximum Gasteiger partial charge on any atom is 0.167 e. The first kappa shape index (κ1) is 11.6. The zero-order valence-corrected chi connectivity index (χ0v) is 14.5. The summed E-state index contributed by atoms with van der Waals surface area (Å²) in [7, 11) is 0. The van der Waals surface area contributed by atoms with Crippen molar-refractivity contribution in [2.75, 3.05) is 0 Å². The van der Waals surface area contributed by atoms with Crippen LogP contribution in [0.1, 0.15) is 0 Å². The topological polar surface area (TPSA) is 0 Å². The van der Waals surface area contributed by atoms with Crippen LogP contribution in [0.25, 0.3) is 0 Å². The van der Waals surface area contributed by atoms with Gasteiger partial charge >= 0.3 is 0 Å². The van der Waals surface area contributed by atoms with Crippen molar-refractivity contribution in [3.05, 3.63) is 0 Å². The number of rotatable bonds is 0. The highest BCUT2D eigenvalue weighted by Gasteiger charge is 2.39. The van der Waals surface area contributed by atoms with Gasteiger partial charge in [0.1, 0.15) is 0 Å². The molecule has 0 spiro atoms. The van der Waals surface area contributed by atoms with E-state index in [1.807, 2.05) is 0 Å². The fraction of sp³-hybridized carbons (Fsp3) is 1.00. The van der Waals surface area contributed by atoms with Gasteiger partial charge in [-0.25, -0.2) is 0 Å². The molecule has 0 aromatic rings. The van der Waals surface area contributed by atoms with Gasteiger partial charge in [-0.2, -0.15) is 0 Å². The Balaban J connectivity index is 4.02. The third-order valence-electron chi connectivity index (χ3n) is 0.321. The molecule has 0 aromatic heterocycles. The summed E-state index contributed by atoms with van der Waals surface area (Å²) in [6.07, 6.45) is 0. The highest BCUT2D eigenvalue weighted by Crippen LogP contribution is 2.57. The molecule has 0 saturated heterocycles. The standard InChI is InChI=1S/C2Br3I3/c3-1(4,5)2(6,7)8. The van der Waals surface area contributed by atoms with Gasteiger partial charge in [0.15, 0.2) is 1.58 Å². The predicted molar refractivity (Wildman–Crippen MR) is 74.3 cm³/mol. The zero-order valence-electron chi connectivity index (χ0n) is 3.27. The molecule has 8 heavy (non-hydrogen) atoms. The summed E-state index contributed by atoms with van der Waals surface area (Å²) in [6, 6.07) is 0. The van der Waals surface area contributed by atoms with Crippen molar-refractivity contribution in [1.82, 2.24) is 0 Å². The first-order valence-electron chi connectivity index (χ1n) is 1.38. The molecule has 0 aliphatic heterocycles. The average molecular weight is 644 g/mol. The third-order valence-corrected chi connectivity index (χ3v) is 11.2. The fourth-order valence-electron chi connectivity index (χ4n) is 0. The molecule has 6 heteroatoms. The van der Waals surface area contributed by atoms with Gasteiger partial charge in [0, 0.05) is 0 Å². The zero-order chi connectivity index (χ0) is 7.00. The lowest BCUT2D eigenvalue weighted by Gasteiger charge is -2.22. The smallest absolute Gasteiger partial charge is 0.0566 e. The summed E-state index contributed by atoms with van der Waals surface area (Å²) in [5, 5.41) is 0. The molecule has 0 amide bonds. The van der Waals surface area contributed by atoms with Crippen LogP contribution in [-0.2, 0) is 0 Å². The van der Waals surface area contributed by atoms with Crippen LogP contribution in [0, 0.1) is 0 Å². The molecule has 0 nitrogen and oxygen atoms in total. The van der Waals surface area contributed by atoms with Crippen LogP contribution in [-0.4, -0.2) is 1.58 Å². The second-order valence-corrected chi connectivity index (χ2v) is 18.8. The molecule has 0 unspecified atom stereocenters. The van der Waals surface area contributed by atoms with E-state index in [0.717, 1.165) is 0 Å². The minimum Gasteiger partial charge on any atom is -0.0566 e. The average Bonchev–Trinajstić information content (AvgIpc) is 1.25. The van der Waals surface area contributed by atoms with Crippen molar-refractivity contribution in [1.29, 1.82) is 0 Å². The van der Waals surface area contributed by atoms with E-state index in [1.165, 1.54) is 0 Å². The Morgan fingerprint density at radius 1 is 0.875 bits per heavy atom. The van der Waals surface area contributed by atoms with E-state index in [2.05, 4.69) is 116 Å². The normalized spacial score (nSPS) is 14.2. The summed E-state index contributed by atoms with van der Waals surface area (Å²) in [5.41, 5.74) is 0. The molecule has 0 aliphatic rings. The van der Waals surface area contributed by atoms with E-state index < -0.39 is 0 Å². The molecule has 0 atom stereocenters. The first-order valence-corrected chi connectivity index (χ1v) is 7.00. The van der Waals surface area contributed by atoms with Crippen molar-refractivity contribution >= 4 is 116 Å². The number of halogens is 6. The molecule has 0 rings (SSSR count). The van der Waals surface area contributed by atoms with E-state index in [4.69, 9.17) is 0 Å². The Labute approximate surface area is 114 Å². The van der Waals surface area contributed by atoms with Crippen LogP contribution in [0.4, 0.5) is 0 Å². The van der Waals surface area contributed by atoms with Crippen LogP contribution >= 0.6 is 116 Å². The first-order chi connectivity index (χ1) is 3.25. The summed E-state index contributed by atoms with van der Waals surface area (Å²) < 4.78 is -0.0675. The predicted octanol–water partition coefficient (Wildman–Crippen LogP) is 4.78. The van der Waals surface area contributed by atoms with Gasteiger partial charge in [-0.3, -0.25) is 0 Å². The van der Waals surface area contributed by atoms with E-state index >= 15 is 0 Å². The molecule has 0 N–H and O–H groups in total. The molecule has 0 heterocycles. The molecule has 0 fully saturated rings. The molecule has 0 aromatic carbocycles. The maximum atomic E-state index is 3.41. The van der Waals surface area contributed by atoms with Gasteiger partial charge < -0.3 is 0 Å². The van der Waals surface area contributed by atoms with Crippen LogP contribution in [0.2, 0.25) is 0 Å². The largest absolute Gasteiger partial charge is 0.167 e.